The molecule has 0 aliphatic rings. The summed E-state index contributed by atoms with van der Waals surface area (Å²) in [7, 11) is 0. The SMILES string of the molecule is CCc1ccccc1-c1nc(-c2ccc(O)cc2)no1. The lowest BCUT2D eigenvalue weighted by Gasteiger charge is -2.01. The minimum absolute atomic E-state index is 0.216. The van der Waals surface area contributed by atoms with Gasteiger partial charge in [0, 0.05) is 11.1 Å². The fraction of sp³-hybridized carbons (Fsp3) is 0.125. The van der Waals surface area contributed by atoms with Crippen molar-refractivity contribution < 1.29 is 9.63 Å². The number of rotatable bonds is 3. The van der Waals surface area contributed by atoms with Crippen molar-refractivity contribution in [2.24, 2.45) is 0 Å². The third-order valence-electron chi connectivity index (χ3n) is 3.18. The van der Waals surface area contributed by atoms with E-state index in [2.05, 4.69) is 23.1 Å². The molecule has 0 fully saturated rings. The van der Waals surface area contributed by atoms with Gasteiger partial charge in [-0.2, -0.15) is 4.98 Å². The van der Waals surface area contributed by atoms with Gasteiger partial charge < -0.3 is 9.63 Å². The van der Waals surface area contributed by atoms with Crippen molar-refractivity contribution in [1.82, 2.24) is 10.1 Å². The molecule has 0 saturated heterocycles. The molecule has 2 aromatic carbocycles. The standard InChI is InChI=1S/C16H14N2O2/c1-2-11-5-3-4-6-14(11)16-17-15(18-20-16)12-7-9-13(19)10-8-12/h3-10,19H,2H2,1H3. The molecule has 1 N–H and O–H groups in total. The fourth-order valence-corrected chi connectivity index (χ4v) is 2.10. The highest BCUT2D eigenvalue weighted by atomic mass is 16.5. The number of aromatic hydroxyl groups is 1. The molecule has 0 bridgehead atoms. The zero-order chi connectivity index (χ0) is 13.9. The summed E-state index contributed by atoms with van der Waals surface area (Å²) >= 11 is 0. The first kappa shape index (κ1) is 12.4. The summed E-state index contributed by atoms with van der Waals surface area (Å²) in [6.45, 7) is 2.09. The molecule has 0 spiro atoms. The third kappa shape index (κ3) is 2.28. The van der Waals surface area contributed by atoms with Gasteiger partial charge in [0.05, 0.1) is 0 Å². The van der Waals surface area contributed by atoms with Crippen LogP contribution in [0.2, 0.25) is 0 Å². The van der Waals surface area contributed by atoms with E-state index in [9.17, 15) is 5.11 Å². The van der Waals surface area contributed by atoms with Gasteiger partial charge in [0.2, 0.25) is 5.82 Å². The molecule has 1 aromatic heterocycles. The Bertz CT molecular complexity index is 717. The second-order valence-corrected chi connectivity index (χ2v) is 4.48. The fourth-order valence-electron chi connectivity index (χ4n) is 2.10. The average Bonchev–Trinajstić information content (AvgIpc) is 2.97. The van der Waals surface area contributed by atoms with Gasteiger partial charge in [0.1, 0.15) is 5.75 Å². The summed E-state index contributed by atoms with van der Waals surface area (Å²) < 4.78 is 5.35. The number of nitrogens with zero attached hydrogens (tertiary/aromatic N) is 2. The lowest BCUT2D eigenvalue weighted by Crippen LogP contribution is -1.87. The van der Waals surface area contributed by atoms with E-state index in [0.717, 1.165) is 17.5 Å². The van der Waals surface area contributed by atoms with Crippen LogP contribution in [0.15, 0.2) is 53.1 Å². The van der Waals surface area contributed by atoms with Crippen LogP contribution in [0.25, 0.3) is 22.8 Å². The van der Waals surface area contributed by atoms with Gasteiger partial charge in [-0.25, -0.2) is 0 Å². The molecule has 3 rings (SSSR count). The predicted octanol–water partition coefficient (Wildman–Crippen LogP) is 3.67. The molecule has 0 radical (unpaired) electrons. The van der Waals surface area contributed by atoms with E-state index in [-0.39, 0.29) is 5.75 Å². The van der Waals surface area contributed by atoms with Crippen molar-refractivity contribution in [2.45, 2.75) is 13.3 Å². The largest absolute Gasteiger partial charge is 0.508 e. The van der Waals surface area contributed by atoms with Crippen molar-refractivity contribution in [3.05, 3.63) is 54.1 Å². The highest BCUT2D eigenvalue weighted by Gasteiger charge is 2.12. The lowest BCUT2D eigenvalue weighted by atomic mass is 10.1. The Kier molecular flexibility index (Phi) is 3.21. The minimum atomic E-state index is 0.216. The number of phenols is 1. The Hall–Kier alpha value is -2.62. The number of phenolic OH excluding ortho intramolecular Hbond substituents is 1. The maximum atomic E-state index is 9.29. The molecule has 4 heteroatoms. The summed E-state index contributed by atoms with van der Waals surface area (Å²) in [6.07, 6.45) is 0.910. The maximum Gasteiger partial charge on any atom is 0.258 e. The van der Waals surface area contributed by atoms with Crippen LogP contribution in [0.5, 0.6) is 5.75 Å². The lowest BCUT2D eigenvalue weighted by molar-refractivity contribution is 0.432. The molecule has 0 atom stereocenters. The van der Waals surface area contributed by atoms with Crippen molar-refractivity contribution in [2.75, 3.05) is 0 Å². The second kappa shape index (κ2) is 5.17. The molecule has 0 aliphatic heterocycles. The third-order valence-corrected chi connectivity index (χ3v) is 3.18. The zero-order valence-electron chi connectivity index (χ0n) is 11.1. The molecule has 0 unspecified atom stereocenters. The van der Waals surface area contributed by atoms with Gasteiger partial charge in [-0.1, -0.05) is 30.3 Å². The number of benzene rings is 2. The molecule has 20 heavy (non-hydrogen) atoms. The summed E-state index contributed by atoms with van der Waals surface area (Å²) in [5.74, 6) is 1.25. The molecular formula is C16H14N2O2. The van der Waals surface area contributed by atoms with Crippen LogP contribution in [0, 0.1) is 0 Å². The molecule has 100 valence electrons. The van der Waals surface area contributed by atoms with Gasteiger partial charge in [-0.3, -0.25) is 0 Å². The molecule has 4 nitrogen and oxygen atoms in total. The topological polar surface area (TPSA) is 59.2 Å². The molecule has 3 aromatic rings. The van der Waals surface area contributed by atoms with Crippen molar-refractivity contribution in [3.8, 4) is 28.6 Å². The molecule has 0 saturated carbocycles. The summed E-state index contributed by atoms with van der Waals surface area (Å²) in [5.41, 5.74) is 2.95. The maximum absolute atomic E-state index is 9.29. The van der Waals surface area contributed by atoms with Gasteiger partial charge in [-0.15, -0.1) is 0 Å². The Morgan fingerprint density at radius 1 is 1.05 bits per heavy atom. The van der Waals surface area contributed by atoms with E-state index in [4.69, 9.17) is 4.52 Å². The molecule has 0 aliphatic carbocycles. The highest BCUT2D eigenvalue weighted by Crippen LogP contribution is 2.26. The summed E-state index contributed by atoms with van der Waals surface area (Å²) in [4.78, 5) is 4.43. The van der Waals surface area contributed by atoms with Crippen LogP contribution >= 0.6 is 0 Å². The quantitative estimate of drug-likeness (QED) is 0.785. The normalized spacial score (nSPS) is 10.7. The molecule has 1 heterocycles. The summed E-state index contributed by atoms with van der Waals surface area (Å²) in [6, 6.07) is 14.7. The van der Waals surface area contributed by atoms with E-state index in [0.29, 0.717) is 11.7 Å². The van der Waals surface area contributed by atoms with E-state index < -0.39 is 0 Å². The predicted molar refractivity (Wildman–Crippen MR) is 76.2 cm³/mol. The van der Waals surface area contributed by atoms with Crippen LogP contribution in [-0.2, 0) is 6.42 Å². The van der Waals surface area contributed by atoms with E-state index in [1.165, 1.54) is 5.56 Å². The first-order valence-corrected chi connectivity index (χ1v) is 6.49. The number of hydrogen-bond donors (Lipinski definition) is 1. The van der Waals surface area contributed by atoms with Crippen molar-refractivity contribution >= 4 is 0 Å². The minimum Gasteiger partial charge on any atom is -0.508 e. The van der Waals surface area contributed by atoms with Gasteiger partial charge in [0.15, 0.2) is 0 Å². The Morgan fingerprint density at radius 2 is 1.80 bits per heavy atom. The Balaban J connectivity index is 2.00. The van der Waals surface area contributed by atoms with E-state index in [1.54, 1.807) is 24.3 Å². The van der Waals surface area contributed by atoms with Crippen molar-refractivity contribution in [3.63, 3.8) is 0 Å². The first-order valence-electron chi connectivity index (χ1n) is 6.49. The Morgan fingerprint density at radius 3 is 2.55 bits per heavy atom. The van der Waals surface area contributed by atoms with Crippen LogP contribution in [0.1, 0.15) is 12.5 Å². The smallest absolute Gasteiger partial charge is 0.258 e. The van der Waals surface area contributed by atoms with Gasteiger partial charge >= 0.3 is 0 Å². The zero-order valence-corrected chi connectivity index (χ0v) is 11.1. The van der Waals surface area contributed by atoms with Crippen LogP contribution in [-0.4, -0.2) is 15.2 Å². The van der Waals surface area contributed by atoms with Crippen LogP contribution < -0.4 is 0 Å². The number of aryl methyl sites for hydroxylation is 1. The van der Waals surface area contributed by atoms with E-state index >= 15 is 0 Å². The average molecular weight is 266 g/mol. The molecular weight excluding hydrogens is 252 g/mol. The summed E-state index contributed by atoms with van der Waals surface area (Å²) in [5, 5.41) is 13.3. The molecule has 0 amide bonds. The monoisotopic (exact) mass is 266 g/mol. The highest BCUT2D eigenvalue weighted by molar-refractivity contribution is 5.62. The van der Waals surface area contributed by atoms with Gasteiger partial charge in [-0.05, 0) is 42.3 Å². The van der Waals surface area contributed by atoms with Crippen LogP contribution in [0.4, 0.5) is 0 Å². The Labute approximate surface area is 116 Å². The second-order valence-electron chi connectivity index (χ2n) is 4.48. The number of hydrogen-bond acceptors (Lipinski definition) is 4. The van der Waals surface area contributed by atoms with Crippen LogP contribution in [0.3, 0.4) is 0 Å². The first-order chi connectivity index (χ1) is 9.78. The van der Waals surface area contributed by atoms with E-state index in [1.807, 2.05) is 18.2 Å². The number of aromatic nitrogens is 2. The van der Waals surface area contributed by atoms with Gasteiger partial charge in [0.25, 0.3) is 5.89 Å². The van der Waals surface area contributed by atoms with Crippen molar-refractivity contribution in [1.29, 1.82) is 0 Å².